The van der Waals surface area contributed by atoms with Crippen molar-refractivity contribution in [1.82, 2.24) is 10.2 Å². The quantitative estimate of drug-likeness (QED) is 0.754. The molecule has 0 aromatic heterocycles. The zero-order chi connectivity index (χ0) is 13.8. The Kier molecular flexibility index (Phi) is 4.81. The van der Waals surface area contributed by atoms with Crippen LogP contribution in [0, 0.1) is 0 Å². The van der Waals surface area contributed by atoms with Crippen LogP contribution in [0.5, 0.6) is 0 Å². The summed E-state index contributed by atoms with van der Waals surface area (Å²) in [6, 6.07) is -0.168. The van der Waals surface area contributed by atoms with Gasteiger partial charge in [-0.05, 0) is 40.0 Å². The summed E-state index contributed by atoms with van der Waals surface area (Å²) in [5.41, 5.74) is -0.540. The van der Waals surface area contributed by atoms with Crippen molar-refractivity contribution in [3.05, 3.63) is 0 Å². The van der Waals surface area contributed by atoms with Gasteiger partial charge in [0, 0.05) is 19.1 Å². The molecule has 0 radical (unpaired) electrons. The van der Waals surface area contributed by atoms with Gasteiger partial charge < -0.3 is 20.1 Å². The van der Waals surface area contributed by atoms with Gasteiger partial charge in [0.2, 0.25) is 0 Å². The van der Waals surface area contributed by atoms with Crippen LogP contribution in [0.3, 0.4) is 0 Å². The fraction of sp³-hybridized carbons (Fsp3) is 0.833. The van der Waals surface area contributed by atoms with Crippen molar-refractivity contribution < 1.29 is 19.4 Å². The molecule has 1 aliphatic rings. The second-order valence-electron chi connectivity index (χ2n) is 5.57. The number of amides is 2. The smallest absolute Gasteiger partial charge is 0.407 e. The summed E-state index contributed by atoms with van der Waals surface area (Å²) in [6.45, 7) is 6.24. The highest BCUT2D eigenvalue weighted by Crippen LogP contribution is 2.12. The molecule has 0 aromatic rings. The molecule has 0 aromatic carbocycles. The number of hydrogen-bond acceptors (Lipinski definition) is 3. The molecule has 0 saturated carbocycles. The molecular formula is C12H22N2O4. The van der Waals surface area contributed by atoms with Crippen LogP contribution in [0.2, 0.25) is 0 Å². The lowest BCUT2D eigenvalue weighted by molar-refractivity contribution is 0.0491. The minimum Gasteiger partial charge on any atom is -0.465 e. The lowest BCUT2D eigenvalue weighted by Crippen LogP contribution is -2.45. The van der Waals surface area contributed by atoms with E-state index in [1.54, 1.807) is 20.8 Å². The Balaban J connectivity index is 2.49. The Morgan fingerprint density at radius 1 is 1.33 bits per heavy atom. The first kappa shape index (κ1) is 14.6. The third kappa shape index (κ3) is 5.25. The highest BCUT2D eigenvalue weighted by atomic mass is 16.6. The van der Waals surface area contributed by atoms with E-state index in [-0.39, 0.29) is 6.04 Å². The number of carboxylic acid groups (broad SMARTS) is 1. The van der Waals surface area contributed by atoms with Crippen molar-refractivity contribution in [2.24, 2.45) is 0 Å². The van der Waals surface area contributed by atoms with Gasteiger partial charge in [0.25, 0.3) is 0 Å². The number of hydrogen-bond donors (Lipinski definition) is 2. The monoisotopic (exact) mass is 258 g/mol. The molecule has 6 nitrogen and oxygen atoms in total. The number of alkyl carbamates (subject to hydrolysis) is 1. The maximum Gasteiger partial charge on any atom is 0.407 e. The van der Waals surface area contributed by atoms with Crippen LogP contribution in [0.1, 0.15) is 40.0 Å². The van der Waals surface area contributed by atoms with E-state index >= 15 is 0 Å². The van der Waals surface area contributed by atoms with Crippen LogP contribution in [0.4, 0.5) is 9.59 Å². The van der Waals surface area contributed by atoms with Gasteiger partial charge in [0.15, 0.2) is 0 Å². The van der Waals surface area contributed by atoms with Crippen molar-refractivity contribution in [3.63, 3.8) is 0 Å². The van der Waals surface area contributed by atoms with Crippen molar-refractivity contribution in [2.45, 2.75) is 51.7 Å². The molecule has 0 spiro atoms. The number of rotatable bonds is 1. The van der Waals surface area contributed by atoms with E-state index in [4.69, 9.17) is 9.84 Å². The molecular weight excluding hydrogens is 236 g/mol. The van der Waals surface area contributed by atoms with Crippen molar-refractivity contribution in [3.8, 4) is 0 Å². The first-order chi connectivity index (χ1) is 8.28. The van der Waals surface area contributed by atoms with Crippen LogP contribution in [-0.2, 0) is 4.74 Å². The third-order valence-corrected chi connectivity index (χ3v) is 2.66. The van der Waals surface area contributed by atoms with Gasteiger partial charge in [0.1, 0.15) is 5.60 Å². The van der Waals surface area contributed by atoms with E-state index in [2.05, 4.69) is 5.32 Å². The number of nitrogens with one attached hydrogen (secondary N) is 1. The standard InChI is InChI=1S/C12H22N2O4/c1-12(2,3)18-10(15)13-9-6-4-5-7-14(8-9)11(16)17/h9H,4-8H2,1-3H3,(H,13,15)(H,16,17). The average molecular weight is 258 g/mol. The van der Waals surface area contributed by atoms with Gasteiger partial charge in [-0.3, -0.25) is 0 Å². The molecule has 0 bridgehead atoms. The molecule has 1 unspecified atom stereocenters. The topological polar surface area (TPSA) is 78.9 Å². The normalized spacial score (nSPS) is 21.1. The lowest BCUT2D eigenvalue weighted by Gasteiger charge is -2.25. The second kappa shape index (κ2) is 5.93. The van der Waals surface area contributed by atoms with Crippen molar-refractivity contribution >= 4 is 12.2 Å². The molecule has 1 atom stereocenters. The first-order valence-electron chi connectivity index (χ1n) is 6.25. The van der Waals surface area contributed by atoms with Crippen LogP contribution in [0.25, 0.3) is 0 Å². The van der Waals surface area contributed by atoms with Crippen LogP contribution < -0.4 is 5.32 Å². The molecule has 1 fully saturated rings. The summed E-state index contributed by atoms with van der Waals surface area (Å²) in [7, 11) is 0. The number of carbonyl (C=O) groups is 2. The van der Waals surface area contributed by atoms with E-state index in [1.807, 2.05) is 0 Å². The van der Waals surface area contributed by atoms with Crippen LogP contribution >= 0.6 is 0 Å². The van der Waals surface area contributed by atoms with Gasteiger partial charge in [-0.1, -0.05) is 0 Å². The molecule has 1 heterocycles. The Labute approximate surface area is 107 Å². The molecule has 6 heteroatoms. The van der Waals surface area contributed by atoms with Crippen molar-refractivity contribution in [2.75, 3.05) is 13.1 Å². The molecule has 104 valence electrons. The van der Waals surface area contributed by atoms with Gasteiger partial charge in [-0.15, -0.1) is 0 Å². The average Bonchev–Trinajstić information content (AvgIpc) is 2.40. The summed E-state index contributed by atoms with van der Waals surface area (Å²) in [5.74, 6) is 0. The molecule has 1 saturated heterocycles. The fourth-order valence-electron chi connectivity index (χ4n) is 1.91. The van der Waals surface area contributed by atoms with E-state index < -0.39 is 17.8 Å². The fourth-order valence-corrected chi connectivity index (χ4v) is 1.91. The molecule has 0 aliphatic carbocycles. The minimum absolute atomic E-state index is 0.168. The SMILES string of the molecule is CC(C)(C)OC(=O)NC1CCCCN(C(=O)O)C1. The predicted octanol–water partition coefficient (Wildman–Crippen LogP) is 2.04. The Morgan fingerprint density at radius 2 is 2.00 bits per heavy atom. The number of likely N-dealkylation sites (tertiary alicyclic amines) is 1. The highest BCUT2D eigenvalue weighted by Gasteiger charge is 2.24. The predicted molar refractivity (Wildman–Crippen MR) is 66.6 cm³/mol. The van der Waals surface area contributed by atoms with E-state index in [9.17, 15) is 9.59 Å². The highest BCUT2D eigenvalue weighted by molar-refractivity contribution is 5.68. The minimum atomic E-state index is -0.937. The number of ether oxygens (including phenoxy) is 1. The van der Waals surface area contributed by atoms with Gasteiger partial charge >= 0.3 is 12.2 Å². The largest absolute Gasteiger partial charge is 0.465 e. The second-order valence-corrected chi connectivity index (χ2v) is 5.57. The van der Waals surface area contributed by atoms with Crippen LogP contribution in [0.15, 0.2) is 0 Å². The van der Waals surface area contributed by atoms with Crippen molar-refractivity contribution in [1.29, 1.82) is 0 Å². The molecule has 2 N–H and O–H groups in total. The summed E-state index contributed by atoms with van der Waals surface area (Å²) in [6.07, 6.45) is 1.10. The van der Waals surface area contributed by atoms with E-state index in [1.165, 1.54) is 4.90 Å². The number of carbonyl (C=O) groups excluding carboxylic acids is 1. The first-order valence-corrected chi connectivity index (χ1v) is 6.25. The summed E-state index contributed by atoms with van der Waals surface area (Å²) >= 11 is 0. The maximum atomic E-state index is 11.6. The molecule has 2 amide bonds. The summed E-state index contributed by atoms with van der Waals surface area (Å²) in [4.78, 5) is 23.9. The van der Waals surface area contributed by atoms with Gasteiger partial charge in [-0.25, -0.2) is 9.59 Å². The maximum absolute atomic E-state index is 11.6. The zero-order valence-corrected chi connectivity index (χ0v) is 11.2. The van der Waals surface area contributed by atoms with Gasteiger partial charge in [0.05, 0.1) is 0 Å². The Bertz CT molecular complexity index is 312. The number of nitrogens with zero attached hydrogens (tertiary/aromatic N) is 1. The molecule has 1 rings (SSSR count). The zero-order valence-electron chi connectivity index (χ0n) is 11.2. The summed E-state index contributed by atoms with van der Waals surface area (Å²) < 4.78 is 5.16. The Hall–Kier alpha value is -1.46. The summed E-state index contributed by atoms with van der Waals surface area (Å²) in [5, 5.41) is 11.7. The van der Waals surface area contributed by atoms with E-state index in [0.29, 0.717) is 13.1 Å². The van der Waals surface area contributed by atoms with Crippen LogP contribution in [-0.4, -0.2) is 46.9 Å². The molecule has 1 aliphatic heterocycles. The van der Waals surface area contributed by atoms with Gasteiger partial charge in [-0.2, -0.15) is 0 Å². The van der Waals surface area contributed by atoms with E-state index in [0.717, 1.165) is 19.3 Å². The lowest BCUT2D eigenvalue weighted by atomic mass is 10.1. The third-order valence-electron chi connectivity index (χ3n) is 2.66. The molecule has 18 heavy (non-hydrogen) atoms. The Morgan fingerprint density at radius 3 is 2.56 bits per heavy atom.